The van der Waals surface area contributed by atoms with Crippen LogP contribution in [0.5, 0.6) is 0 Å². The van der Waals surface area contributed by atoms with Gasteiger partial charge in [0.05, 0.1) is 0 Å². The normalized spacial score (nSPS) is 45.1. The largest absolute Gasteiger partial charge is 0.428 e. The molecule has 3 heteroatoms. The average molecular weight is 385 g/mol. The lowest BCUT2D eigenvalue weighted by Gasteiger charge is -2.61. The zero-order valence-corrected chi connectivity index (χ0v) is 18.1. The third-order valence-electron chi connectivity index (χ3n) is 8.97. The predicted octanol–water partition coefficient (Wildman–Crippen LogP) is 5.56. The van der Waals surface area contributed by atoms with E-state index in [-0.39, 0.29) is 5.41 Å². The van der Waals surface area contributed by atoms with Crippen molar-refractivity contribution in [2.75, 3.05) is 0 Å². The summed E-state index contributed by atoms with van der Waals surface area (Å²) in [5.41, 5.74) is 2.93. The number of carbonyl (C=O) groups excluding carboxylic acids is 1. The van der Waals surface area contributed by atoms with Gasteiger partial charge in [0.1, 0.15) is 0 Å². The molecule has 1 heterocycles. The van der Waals surface area contributed by atoms with E-state index >= 15 is 0 Å². The lowest BCUT2D eigenvalue weighted by atomic mass is 9.44. The van der Waals surface area contributed by atoms with Crippen molar-refractivity contribution < 1.29 is 14.6 Å². The van der Waals surface area contributed by atoms with Gasteiger partial charge >= 0.3 is 5.97 Å². The molecule has 0 aromatic rings. The highest BCUT2D eigenvalue weighted by atomic mass is 16.6. The Morgan fingerprint density at radius 1 is 1.18 bits per heavy atom. The number of hydrogen-bond donors (Lipinski definition) is 1. The summed E-state index contributed by atoms with van der Waals surface area (Å²) in [6.07, 6.45) is 14.7. The van der Waals surface area contributed by atoms with Crippen LogP contribution in [0.2, 0.25) is 0 Å². The Kier molecular flexibility index (Phi) is 4.69. The van der Waals surface area contributed by atoms with E-state index < -0.39 is 12.3 Å². The minimum absolute atomic E-state index is 0.0370. The molecule has 0 bridgehead atoms. The van der Waals surface area contributed by atoms with Gasteiger partial charge in [-0.05, 0) is 60.7 Å². The number of carbonyl (C=O) groups is 1. The predicted molar refractivity (Wildman–Crippen MR) is 111 cm³/mol. The number of hydrogen-bond acceptors (Lipinski definition) is 3. The molecule has 0 aromatic carbocycles. The Morgan fingerprint density at radius 3 is 2.61 bits per heavy atom. The van der Waals surface area contributed by atoms with Crippen LogP contribution in [0.3, 0.4) is 0 Å². The topological polar surface area (TPSA) is 46.5 Å². The summed E-state index contributed by atoms with van der Waals surface area (Å²) in [4.78, 5) is 11.4. The fourth-order valence-electron chi connectivity index (χ4n) is 7.07. The van der Waals surface area contributed by atoms with Crippen LogP contribution in [0.1, 0.15) is 73.1 Å². The molecular weight excluding hydrogens is 348 g/mol. The van der Waals surface area contributed by atoms with E-state index in [1.54, 1.807) is 5.57 Å². The molecule has 2 fully saturated rings. The van der Waals surface area contributed by atoms with Crippen LogP contribution in [-0.4, -0.2) is 17.4 Å². The van der Waals surface area contributed by atoms with Crippen molar-refractivity contribution in [1.82, 2.24) is 0 Å². The van der Waals surface area contributed by atoms with Crippen molar-refractivity contribution >= 4 is 5.97 Å². The first-order valence-electron chi connectivity index (χ1n) is 11.1. The molecule has 154 valence electrons. The lowest BCUT2D eigenvalue weighted by Crippen LogP contribution is -2.52. The molecule has 1 aliphatic heterocycles. The van der Waals surface area contributed by atoms with Crippen LogP contribution in [0.25, 0.3) is 0 Å². The molecule has 28 heavy (non-hydrogen) atoms. The van der Waals surface area contributed by atoms with Gasteiger partial charge in [-0.2, -0.15) is 0 Å². The molecule has 4 rings (SSSR count). The molecule has 0 spiro atoms. The third-order valence-corrected chi connectivity index (χ3v) is 8.97. The maximum absolute atomic E-state index is 11.4. The Bertz CT molecular complexity index is 758. The van der Waals surface area contributed by atoms with Gasteiger partial charge in [-0.1, -0.05) is 64.8 Å². The second-order valence-electron chi connectivity index (χ2n) is 10.9. The van der Waals surface area contributed by atoms with Gasteiger partial charge in [0.25, 0.3) is 0 Å². The first kappa shape index (κ1) is 19.9. The highest BCUT2D eigenvalue weighted by Gasteiger charge is 2.56. The third kappa shape index (κ3) is 2.93. The molecule has 3 aliphatic carbocycles. The van der Waals surface area contributed by atoms with E-state index in [1.165, 1.54) is 44.6 Å². The molecule has 4 aliphatic rings. The molecule has 1 unspecified atom stereocenters. The van der Waals surface area contributed by atoms with Gasteiger partial charge in [0.15, 0.2) is 0 Å². The summed E-state index contributed by atoms with van der Waals surface area (Å²) < 4.78 is 4.85. The van der Waals surface area contributed by atoms with Gasteiger partial charge in [0, 0.05) is 17.1 Å². The second kappa shape index (κ2) is 6.58. The molecule has 0 saturated heterocycles. The Labute approximate surface area is 169 Å². The van der Waals surface area contributed by atoms with E-state index in [4.69, 9.17) is 4.74 Å². The summed E-state index contributed by atoms with van der Waals surface area (Å²) in [5, 5.41) is 9.95. The van der Waals surface area contributed by atoms with Gasteiger partial charge in [-0.25, -0.2) is 4.79 Å². The molecule has 2 saturated carbocycles. The molecule has 6 atom stereocenters. The minimum Gasteiger partial charge on any atom is -0.428 e. The maximum Gasteiger partial charge on any atom is 0.333 e. The van der Waals surface area contributed by atoms with Crippen molar-refractivity contribution in [1.29, 1.82) is 0 Å². The van der Waals surface area contributed by atoms with E-state index in [9.17, 15) is 9.90 Å². The highest BCUT2D eigenvalue weighted by Crippen LogP contribution is 2.65. The molecule has 0 aromatic heterocycles. The maximum atomic E-state index is 11.4. The first-order chi connectivity index (χ1) is 13.1. The van der Waals surface area contributed by atoms with Crippen molar-refractivity contribution in [3.63, 3.8) is 0 Å². The Balaban J connectivity index is 1.70. The smallest absolute Gasteiger partial charge is 0.333 e. The molecule has 0 amide bonds. The molecule has 0 radical (unpaired) electrons. The van der Waals surface area contributed by atoms with Crippen LogP contribution in [0, 0.1) is 34.0 Å². The molecule has 1 N–H and O–H groups in total. The van der Waals surface area contributed by atoms with E-state index in [0.29, 0.717) is 28.2 Å². The number of cyclic esters (lactones) is 1. The first-order valence-corrected chi connectivity index (χ1v) is 11.1. The number of aliphatic hydroxyl groups excluding tert-OH is 1. The zero-order valence-electron chi connectivity index (χ0n) is 18.1. The summed E-state index contributed by atoms with van der Waals surface area (Å²) in [7, 11) is 0. The van der Waals surface area contributed by atoms with Crippen LogP contribution in [-0.2, 0) is 9.53 Å². The lowest BCUT2D eigenvalue weighted by molar-refractivity contribution is -0.150. The van der Waals surface area contributed by atoms with Crippen molar-refractivity contribution in [3.8, 4) is 0 Å². The SMILES string of the molecule is C[C@H]1CC[C@H]2C(=CC[C@H]3C(C)(C)CCC[C@]23C)[C@@]1(C)/C=C/C1=CC(=O)OC1O. The number of esters is 1. The van der Waals surface area contributed by atoms with Crippen molar-refractivity contribution in [3.05, 3.63) is 35.5 Å². The summed E-state index contributed by atoms with van der Waals surface area (Å²) in [5.74, 6) is 1.48. The standard InChI is InChI=1S/C25H36O3/c1-16-7-8-19-18(9-10-20-23(2,3)12-6-13-25(19,20)5)24(16,4)14-11-17-15-21(26)28-22(17)27/h9,11,14-16,19-20,22,27H,6-8,10,12-13H2,1-5H3/b14-11+/t16-,19-,20-,22?,24-,25+/m0/s1. The fourth-order valence-corrected chi connectivity index (χ4v) is 7.07. The number of allylic oxidation sites excluding steroid dienone is 3. The van der Waals surface area contributed by atoms with Gasteiger partial charge < -0.3 is 9.84 Å². The van der Waals surface area contributed by atoms with Gasteiger partial charge in [0.2, 0.25) is 6.29 Å². The summed E-state index contributed by atoms with van der Waals surface area (Å²) >= 11 is 0. The molecule has 3 nitrogen and oxygen atoms in total. The van der Waals surface area contributed by atoms with Crippen LogP contribution >= 0.6 is 0 Å². The highest BCUT2D eigenvalue weighted by molar-refractivity contribution is 5.86. The fraction of sp³-hybridized carbons (Fsp3) is 0.720. The van der Waals surface area contributed by atoms with Crippen molar-refractivity contribution in [2.45, 2.75) is 79.4 Å². The van der Waals surface area contributed by atoms with Crippen LogP contribution in [0.15, 0.2) is 35.5 Å². The van der Waals surface area contributed by atoms with Crippen molar-refractivity contribution in [2.24, 2.45) is 34.0 Å². The average Bonchev–Trinajstić information content (AvgIpc) is 2.93. The zero-order chi connectivity index (χ0) is 20.3. The molecular formula is C25H36O3. The second-order valence-corrected chi connectivity index (χ2v) is 10.9. The number of rotatable bonds is 2. The number of fused-ring (bicyclic) bond motifs is 3. The summed E-state index contributed by atoms with van der Waals surface area (Å²) in [6, 6.07) is 0. The van der Waals surface area contributed by atoms with E-state index in [2.05, 4.69) is 46.8 Å². The van der Waals surface area contributed by atoms with Gasteiger partial charge in [-0.3, -0.25) is 0 Å². The summed E-state index contributed by atoms with van der Waals surface area (Å²) in [6.45, 7) is 12.2. The van der Waals surface area contributed by atoms with E-state index in [1.807, 2.05) is 6.08 Å². The monoisotopic (exact) mass is 384 g/mol. The van der Waals surface area contributed by atoms with Gasteiger partial charge in [-0.15, -0.1) is 0 Å². The quantitative estimate of drug-likeness (QED) is 0.501. The Hall–Kier alpha value is -1.35. The van der Waals surface area contributed by atoms with E-state index in [0.717, 1.165) is 5.92 Å². The number of ether oxygens (including phenoxy) is 1. The number of aliphatic hydroxyl groups is 1. The minimum atomic E-state index is -1.12. The Morgan fingerprint density at radius 2 is 1.93 bits per heavy atom. The van der Waals surface area contributed by atoms with Crippen LogP contribution in [0.4, 0.5) is 0 Å². The van der Waals surface area contributed by atoms with Crippen LogP contribution < -0.4 is 0 Å².